The van der Waals surface area contributed by atoms with Crippen molar-refractivity contribution >= 4 is 30.2 Å². The number of carbonyl (C=O) groups excluding carboxylic acids is 1. The lowest BCUT2D eigenvalue weighted by molar-refractivity contribution is -0.120. The molecule has 0 bridgehead atoms. The van der Waals surface area contributed by atoms with E-state index in [4.69, 9.17) is 24.3 Å². The van der Waals surface area contributed by atoms with Crippen molar-refractivity contribution in [2.45, 2.75) is 26.2 Å². The Morgan fingerprint density at radius 1 is 1.10 bits per heavy atom. The van der Waals surface area contributed by atoms with Gasteiger partial charge >= 0.3 is 7.12 Å². The van der Waals surface area contributed by atoms with Gasteiger partial charge in [0.05, 0.1) is 27.2 Å². The van der Waals surface area contributed by atoms with Crippen LogP contribution < -0.4 is 19.5 Å². The van der Waals surface area contributed by atoms with Crippen LogP contribution in [-0.2, 0) is 11.3 Å². The minimum absolute atomic E-state index is 0.0219. The molecule has 0 fully saturated rings. The lowest BCUT2D eigenvalue weighted by atomic mass is 9.87. The highest BCUT2D eigenvalue weighted by Gasteiger charge is 2.26. The number of allylic oxidation sites excluding steroid dienone is 2. The molecule has 0 atom stereocenters. The predicted molar refractivity (Wildman–Crippen MR) is 148 cm³/mol. The van der Waals surface area contributed by atoms with E-state index in [2.05, 4.69) is 10.3 Å². The third-order valence-electron chi connectivity index (χ3n) is 6.42. The van der Waals surface area contributed by atoms with Crippen molar-refractivity contribution in [3.63, 3.8) is 0 Å². The molecule has 0 aliphatic heterocycles. The predicted octanol–water partition coefficient (Wildman–Crippen LogP) is 4.12. The summed E-state index contributed by atoms with van der Waals surface area (Å²) in [7, 11) is 1.51. The fourth-order valence-corrected chi connectivity index (χ4v) is 4.47. The monoisotopic (exact) mass is 532 g/mol. The van der Waals surface area contributed by atoms with Crippen LogP contribution in [0.1, 0.15) is 35.6 Å². The molecule has 39 heavy (non-hydrogen) atoms. The molecule has 1 amide bonds. The Bertz CT molecular complexity index is 1380. The maximum absolute atomic E-state index is 14.3. The highest BCUT2D eigenvalue weighted by Crippen LogP contribution is 2.45. The normalized spacial score (nSPS) is 13.3. The molecule has 1 heterocycles. The van der Waals surface area contributed by atoms with Gasteiger partial charge in [0, 0.05) is 25.3 Å². The van der Waals surface area contributed by atoms with Crippen LogP contribution in [0.5, 0.6) is 17.2 Å². The first-order chi connectivity index (χ1) is 18.8. The number of nitrogens with one attached hydrogen (secondary N) is 1. The Morgan fingerprint density at radius 2 is 1.85 bits per heavy atom. The lowest BCUT2D eigenvalue weighted by Crippen LogP contribution is -2.22. The summed E-state index contributed by atoms with van der Waals surface area (Å²) >= 11 is 0. The molecular formula is C29H30BFN2O6. The van der Waals surface area contributed by atoms with Gasteiger partial charge in [0.1, 0.15) is 5.82 Å². The largest absolute Gasteiger partial charge is 0.493 e. The van der Waals surface area contributed by atoms with E-state index in [0.717, 1.165) is 33.4 Å². The fraction of sp³-hybridized carbons (Fsp3) is 0.241. The number of methoxy groups -OCH3 is 2. The third-order valence-corrected chi connectivity index (χ3v) is 6.42. The van der Waals surface area contributed by atoms with Gasteiger partial charge < -0.3 is 29.6 Å². The minimum atomic E-state index is -1.49. The number of amides is 1. The van der Waals surface area contributed by atoms with E-state index in [1.54, 1.807) is 30.6 Å². The Labute approximate surface area is 226 Å². The fourth-order valence-electron chi connectivity index (χ4n) is 4.47. The number of pyridine rings is 1. The van der Waals surface area contributed by atoms with Crippen LogP contribution in [-0.4, -0.2) is 48.9 Å². The van der Waals surface area contributed by atoms with E-state index in [-0.39, 0.29) is 31.1 Å². The molecule has 8 nitrogen and oxygen atoms in total. The SMILES string of the molecule is COc1cc(C=C2C(C)=C(CC(=O)NCc3cccnc3)c3cc(F)ccc32)cc(OC)c1OCCB(O)O. The first kappa shape index (κ1) is 27.9. The number of hydrogen-bond donors (Lipinski definition) is 3. The smallest absolute Gasteiger partial charge is 0.454 e. The van der Waals surface area contributed by atoms with Crippen molar-refractivity contribution in [2.24, 2.45) is 0 Å². The second-order valence-electron chi connectivity index (χ2n) is 9.04. The summed E-state index contributed by atoms with van der Waals surface area (Å²) in [5, 5.41) is 21.1. The van der Waals surface area contributed by atoms with Crippen LogP contribution in [0.2, 0.25) is 6.32 Å². The van der Waals surface area contributed by atoms with Crippen LogP contribution in [0.15, 0.2) is 60.4 Å². The van der Waals surface area contributed by atoms with E-state index in [1.807, 2.05) is 25.1 Å². The molecule has 1 aliphatic rings. The summed E-state index contributed by atoms with van der Waals surface area (Å²) < 4.78 is 31.0. The van der Waals surface area contributed by atoms with Gasteiger partial charge in [0.25, 0.3) is 0 Å². The van der Waals surface area contributed by atoms with Gasteiger partial charge in [-0.15, -0.1) is 0 Å². The molecule has 0 unspecified atom stereocenters. The number of carbonyl (C=O) groups is 1. The number of nitrogens with zero attached hydrogens (tertiary/aromatic N) is 1. The molecule has 10 heteroatoms. The Hall–Kier alpha value is -4.15. The summed E-state index contributed by atoms with van der Waals surface area (Å²) in [6.45, 7) is 2.32. The van der Waals surface area contributed by atoms with Gasteiger partial charge in [-0.3, -0.25) is 9.78 Å². The zero-order chi connectivity index (χ0) is 27.9. The van der Waals surface area contributed by atoms with E-state index < -0.39 is 7.12 Å². The Morgan fingerprint density at radius 3 is 2.49 bits per heavy atom. The van der Waals surface area contributed by atoms with Crippen molar-refractivity contribution in [3.05, 3.63) is 88.5 Å². The molecular weight excluding hydrogens is 502 g/mol. The number of hydrogen-bond acceptors (Lipinski definition) is 7. The quantitative estimate of drug-likeness (QED) is 0.319. The summed E-state index contributed by atoms with van der Waals surface area (Å²) in [6.07, 6.45) is 5.41. The molecule has 0 saturated heterocycles. The zero-order valence-corrected chi connectivity index (χ0v) is 22.0. The number of rotatable bonds is 11. The standard InChI is InChI=1S/C29H30BFN2O6/c1-18-23(11-20-12-26(37-2)29(27(13-20)38-3)39-10-8-30(35)36)22-7-6-21(31)14-25(22)24(18)15-28(34)33-17-19-5-4-9-32-16-19/h4-7,9,11-14,16,35-36H,8,10,15,17H2,1-3H3,(H,33,34). The lowest BCUT2D eigenvalue weighted by Gasteiger charge is -2.16. The van der Waals surface area contributed by atoms with Crippen LogP contribution >= 0.6 is 0 Å². The van der Waals surface area contributed by atoms with Gasteiger partial charge in [-0.1, -0.05) is 12.1 Å². The van der Waals surface area contributed by atoms with E-state index in [0.29, 0.717) is 29.4 Å². The molecule has 202 valence electrons. The average Bonchev–Trinajstić information content (AvgIpc) is 3.17. The Balaban J connectivity index is 1.65. The summed E-state index contributed by atoms with van der Waals surface area (Å²) in [5.74, 6) is 0.594. The number of benzene rings is 2. The van der Waals surface area contributed by atoms with Crippen LogP contribution in [0.4, 0.5) is 4.39 Å². The second kappa shape index (κ2) is 12.6. The maximum atomic E-state index is 14.3. The van der Waals surface area contributed by atoms with Crippen molar-refractivity contribution in [1.82, 2.24) is 10.3 Å². The van der Waals surface area contributed by atoms with Gasteiger partial charge in [-0.2, -0.15) is 0 Å². The van der Waals surface area contributed by atoms with Crippen molar-refractivity contribution in [1.29, 1.82) is 0 Å². The average molecular weight is 532 g/mol. The molecule has 1 aromatic heterocycles. The second-order valence-corrected chi connectivity index (χ2v) is 9.04. The van der Waals surface area contributed by atoms with Gasteiger partial charge in [-0.25, -0.2) is 4.39 Å². The molecule has 4 rings (SSSR count). The molecule has 0 spiro atoms. The molecule has 0 saturated carbocycles. The topological polar surface area (TPSA) is 110 Å². The van der Waals surface area contributed by atoms with Crippen molar-refractivity contribution in [2.75, 3.05) is 20.8 Å². The molecule has 1 aliphatic carbocycles. The van der Waals surface area contributed by atoms with E-state index in [9.17, 15) is 9.18 Å². The van der Waals surface area contributed by atoms with E-state index >= 15 is 0 Å². The molecule has 0 radical (unpaired) electrons. The highest BCUT2D eigenvalue weighted by molar-refractivity contribution is 6.41. The number of fused-ring (bicyclic) bond motifs is 1. The number of ether oxygens (including phenoxy) is 3. The van der Waals surface area contributed by atoms with Gasteiger partial charge in [0.15, 0.2) is 11.5 Å². The summed E-state index contributed by atoms with van der Waals surface area (Å²) in [5.41, 5.74) is 5.59. The summed E-state index contributed by atoms with van der Waals surface area (Å²) in [6, 6.07) is 11.8. The third kappa shape index (κ3) is 6.65. The number of halogens is 1. The summed E-state index contributed by atoms with van der Waals surface area (Å²) in [4.78, 5) is 16.9. The molecule has 3 aromatic rings. The van der Waals surface area contributed by atoms with Gasteiger partial charge in [-0.05, 0) is 82.3 Å². The zero-order valence-electron chi connectivity index (χ0n) is 22.0. The first-order valence-electron chi connectivity index (χ1n) is 12.4. The van der Waals surface area contributed by atoms with Gasteiger partial charge in [0.2, 0.25) is 11.7 Å². The first-order valence-corrected chi connectivity index (χ1v) is 12.4. The van der Waals surface area contributed by atoms with Crippen LogP contribution in [0, 0.1) is 5.82 Å². The molecule has 2 aromatic carbocycles. The van der Waals surface area contributed by atoms with Crippen LogP contribution in [0.25, 0.3) is 17.2 Å². The van der Waals surface area contributed by atoms with Crippen LogP contribution in [0.3, 0.4) is 0 Å². The maximum Gasteiger partial charge on any atom is 0.454 e. The highest BCUT2D eigenvalue weighted by atomic mass is 19.1. The number of aromatic nitrogens is 1. The Kier molecular flexibility index (Phi) is 9.01. The minimum Gasteiger partial charge on any atom is -0.493 e. The van der Waals surface area contributed by atoms with E-state index in [1.165, 1.54) is 26.4 Å². The van der Waals surface area contributed by atoms with Crippen molar-refractivity contribution in [3.8, 4) is 17.2 Å². The van der Waals surface area contributed by atoms with Crippen molar-refractivity contribution < 1.29 is 33.4 Å². The molecule has 3 N–H and O–H groups in total.